The van der Waals surface area contributed by atoms with Gasteiger partial charge in [0.2, 0.25) is 16.2 Å². The third-order valence-corrected chi connectivity index (χ3v) is 8.33. The van der Waals surface area contributed by atoms with Crippen LogP contribution in [0.2, 0.25) is 0 Å². The normalized spacial score (nSPS) is 11.7. The van der Waals surface area contributed by atoms with Gasteiger partial charge in [0.15, 0.2) is 0 Å². The van der Waals surface area contributed by atoms with E-state index in [9.17, 15) is 9.59 Å². The molecule has 38 heavy (non-hydrogen) atoms. The topological polar surface area (TPSA) is 84.0 Å². The molecule has 0 fully saturated rings. The summed E-state index contributed by atoms with van der Waals surface area (Å²) in [5.74, 6) is 0.489. The average molecular weight is 557 g/mol. The van der Waals surface area contributed by atoms with Gasteiger partial charge >= 0.3 is 0 Å². The fourth-order valence-corrected chi connectivity index (χ4v) is 6.19. The number of carbonyl (C=O) groups excluding carboxylic acids is 2. The number of thioether (sulfide) groups is 2. The lowest BCUT2D eigenvalue weighted by Crippen LogP contribution is -2.19. The maximum atomic E-state index is 13.4. The van der Waals surface area contributed by atoms with Crippen LogP contribution in [0.5, 0.6) is 0 Å². The molecule has 1 atom stereocenters. The summed E-state index contributed by atoms with van der Waals surface area (Å²) in [6, 6.07) is 30.7. The van der Waals surface area contributed by atoms with Gasteiger partial charge in [-0.2, -0.15) is 9.36 Å². The minimum atomic E-state index is -0.520. The summed E-state index contributed by atoms with van der Waals surface area (Å²) in [4.78, 5) is 31.6. The van der Waals surface area contributed by atoms with E-state index >= 15 is 0 Å². The zero-order valence-corrected chi connectivity index (χ0v) is 22.9. The lowest BCUT2D eigenvalue weighted by molar-refractivity contribution is -0.115. The standard InChI is InChI=1S/C29H24N4O2S3/c1-2-36-29-32-28(38-33-29)31-27(35)25(20-10-4-3-5-11-20)37-24-14-8-13-23(18-24)30-26(34)22-16-15-19-9-6-7-12-21(19)17-22/h3-18,25H,2H2,1H3,(H,30,34)(H,31,32,33,35). The third kappa shape index (κ3) is 6.42. The first-order valence-electron chi connectivity index (χ1n) is 12.0. The Balaban J connectivity index is 1.33. The summed E-state index contributed by atoms with van der Waals surface area (Å²) in [7, 11) is 0. The minimum absolute atomic E-state index is 0.184. The number of hydrogen-bond acceptors (Lipinski definition) is 7. The maximum Gasteiger partial charge on any atom is 0.255 e. The number of rotatable bonds is 9. The van der Waals surface area contributed by atoms with Gasteiger partial charge in [0.05, 0.1) is 0 Å². The minimum Gasteiger partial charge on any atom is -0.322 e. The van der Waals surface area contributed by atoms with Crippen LogP contribution in [0.15, 0.2) is 107 Å². The van der Waals surface area contributed by atoms with Crippen LogP contribution < -0.4 is 10.6 Å². The number of fused-ring (bicyclic) bond motifs is 1. The second-order valence-corrected chi connectivity index (χ2v) is 11.4. The molecule has 0 saturated carbocycles. The van der Waals surface area contributed by atoms with Crippen LogP contribution in [0.25, 0.3) is 10.8 Å². The monoisotopic (exact) mass is 556 g/mol. The van der Waals surface area contributed by atoms with Crippen molar-refractivity contribution in [3.63, 3.8) is 0 Å². The Bertz CT molecular complexity index is 1570. The van der Waals surface area contributed by atoms with Gasteiger partial charge in [-0.3, -0.25) is 14.9 Å². The van der Waals surface area contributed by atoms with Gasteiger partial charge in [-0.15, -0.1) is 11.8 Å². The molecule has 0 spiro atoms. The first-order valence-corrected chi connectivity index (χ1v) is 14.6. The van der Waals surface area contributed by atoms with Crippen molar-refractivity contribution in [3.8, 4) is 0 Å². The van der Waals surface area contributed by atoms with E-state index in [1.54, 1.807) is 0 Å². The molecule has 0 aliphatic rings. The van der Waals surface area contributed by atoms with Crippen molar-refractivity contribution in [3.05, 3.63) is 108 Å². The quantitative estimate of drug-likeness (QED) is 0.183. The van der Waals surface area contributed by atoms with Gasteiger partial charge in [-0.1, -0.05) is 85.4 Å². The smallest absolute Gasteiger partial charge is 0.255 e. The predicted molar refractivity (Wildman–Crippen MR) is 158 cm³/mol. The van der Waals surface area contributed by atoms with Crippen LogP contribution in [0.3, 0.4) is 0 Å². The molecule has 0 aliphatic carbocycles. The molecule has 0 bridgehead atoms. The molecule has 190 valence electrons. The van der Waals surface area contributed by atoms with Crippen LogP contribution >= 0.6 is 35.1 Å². The predicted octanol–water partition coefficient (Wildman–Crippen LogP) is 7.53. The second-order valence-electron chi connectivity index (χ2n) is 8.26. The Hall–Kier alpha value is -3.66. The van der Waals surface area contributed by atoms with E-state index in [1.165, 1.54) is 35.1 Å². The Morgan fingerprint density at radius 3 is 2.47 bits per heavy atom. The molecule has 0 aliphatic heterocycles. The van der Waals surface area contributed by atoms with Gasteiger partial charge in [0, 0.05) is 27.7 Å². The van der Waals surface area contributed by atoms with Crippen molar-refractivity contribution in [1.29, 1.82) is 0 Å². The van der Waals surface area contributed by atoms with Crippen molar-refractivity contribution in [2.45, 2.75) is 22.2 Å². The highest BCUT2D eigenvalue weighted by atomic mass is 32.2. The molecule has 1 aromatic heterocycles. The van der Waals surface area contributed by atoms with E-state index < -0.39 is 5.25 Å². The first-order chi connectivity index (χ1) is 18.6. The highest BCUT2D eigenvalue weighted by Crippen LogP contribution is 2.37. The van der Waals surface area contributed by atoms with Gasteiger partial charge in [-0.25, -0.2) is 0 Å². The fraction of sp³-hybridized carbons (Fsp3) is 0.103. The van der Waals surface area contributed by atoms with Crippen LogP contribution in [0.1, 0.15) is 28.1 Å². The molecule has 9 heteroatoms. The van der Waals surface area contributed by atoms with Crippen LogP contribution in [0.4, 0.5) is 10.8 Å². The summed E-state index contributed by atoms with van der Waals surface area (Å²) in [5, 5.41) is 8.62. The van der Waals surface area contributed by atoms with Gasteiger partial charge in [0.1, 0.15) is 5.25 Å². The highest BCUT2D eigenvalue weighted by Gasteiger charge is 2.23. The highest BCUT2D eigenvalue weighted by molar-refractivity contribution is 8.00. The zero-order valence-electron chi connectivity index (χ0n) is 20.5. The molecule has 1 unspecified atom stereocenters. The molecule has 2 N–H and O–H groups in total. The Morgan fingerprint density at radius 2 is 1.66 bits per heavy atom. The summed E-state index contributed by atoms with van der Waals surface area (Å²) < 4.78 is 4.29. The van der Waals surface area contributed by atoms with Crippen molar-refractivity contribution in [2.24, 2.45) is 0 Å². The molecule has 4 aromatic carbocycles. The summed E-state index contributed by atoms with van der Waals surface area (Å²) in [6.45, 7) is 2.03. The van der Waals surface area contributed by atoms with Gasteiger partial charge in [-0.05, 0) is 52.4 Å². The number of anilines is 2. The number of amides is 2. The molecule has 0 saturated heterocycles. The van der Waals surface area contributed by atoms with E-state index in [1.807, 2.05) is 104 Å². The molecular weight excluding hydrogens is 533 g/mol. The average Bonchev–Trinajstić information content (AvgIpc) is 3.39. The number of carbonyl (C=O) groups is 2. The van der Waals surface area contributed by atoms with E-state index in [0.717, 1.165) is 27.0 Å². The number of hydrogen-bond donors (Lipinski definition) is 2. The van der Waals surface area contributed by atoms with E-state index in [-0.39, 0.29) is 11.8 Å². The number of aromatic nitrogens is 2. The molecule has 1 heterocycles. The molecule has 0 radical (unpaired) electrons. The van der Waals surface area contributed by atoms with Crippen molar-refractivity contribution in [1.82, 2.24) is 9.36 Å². The lowest BCUT2D eigenvalue weighted by atomic mass is 10.1. The Kier molecular flexibility index (Phi) is 8.37. The third-order valence-electron chi connectivity index (χ3n) is 5.61. The first kappa shape index (κ1) is 26.0. The Labute approximate surface area is 233 Å². The van der Waals surface area contributed by atoms with Crippen molar-refractivity contribution < 1.29 is 9.59 Å². The lowest BCUT2D eigenvalue weighted by Gasteiger charge is -2.17. The summed E-state index contributed by atoms with van der Waals surface area (Å²) in [6.07, 6.45) is 0. The molecule has 5 rings (SSSR count). The van der Waals surface area contributed by atoms with E-state index in [0.29, 0.717) is 21.5 Å². The molecule has 6 nitrogen and oxygen atoms in total. The van der Waals surface area contributed by atoms with E-state index in [4.69, 9.17) is 0 Å². The zero-order chi connectivity index (χ0) is 26.3. The fourth-order valence-electron chi connectivity index (χ4n) is 3.84. The van der Waals surface area contributed by atoms with Crippen LogP contribution in [-0.2, 0) is 4.79 Å². The van der Waals surface area contributed by atoms with Gasteiger partial charge in [0.25, 0.3) is 5.91 Å². The second kappa shape index (κ2) is 12.3. The van der Waals surface area contributed by atoms with E-state index in [2.05, 4.69) is 20.0 Å². The number of nitrogens with zero attached hydrogens (tertiary/aromatic N) is 2. The largest absolute Gasteiger partial charge is 0.322 e. The molecule has 5 aromatic rings. The van der Waals surface area contributed by atoms with Crippen LogP contribution in [-0.4, -0.2) is 26.9 Å². The van der Waals surface area contributed by atoms with Gasteiger partial charge < -0.3 is 5.32 Å². The van der Waals surface area contributed by atoms with Crippen LogP contribution in [0, 0.1) is 0 Å². The van der Waals surface area contributed by atoms with Crippen molar-refractivity contribution in [2.75, 3.05) is 16.4 Å². The maximum absolute atomic E-state index is 13.4. The summed E-state index contributed by atoms with van der Waals surface area (Å²) >= 11 is 4.12. The van der Waals surface area contributed by atoms with Crippen molar-refractivity contribution >= 4 is 68.5 Å². The summed E-state index contributed by atoms with van der Waals surface area (Å²) in [5.41, 5.74) is 2.11. The number of nitrogens with one attached hydrogen (secondary N) is 2. The SMILES string of the molecule is CCSc1nsc(NC(=O)C(Sc2cccc(NC(=O)c3ccc4ccccc4c3)c2)c2ccccc2)n1. The Morgan fingerprint density at radius 1 is 0.868 bits per heavy atom. The number of benzene rings is 4. The molecular formula is C29H24N4O2S3. The molecule has 2 amide bonds.